The first-order valence-electron chi connectivity index (χ1n) is 10.1. The van der Waals surface area contributed by atoms with Crippen LogP contribution >= 0.6 is 0 Å². The zero-order valence-corrected chi connectivity index (χ0v) is 18.4. The lowest BCUT2D eigenvalue weighted by Gasteiger charge is -2.26. The van der Waals surface area contributed by atoms with E-state index in [0.717, 1.165) is 19.3 Å². The molecule has 11 heteroatoms. The first kappa shape index (κ1) is 23.4. The molecule has 1 fully saturated rings. The van der Waals surface area contributed by atoms with Gasteiger partial charge in [0.15, 0.2) is 6.61 Å². The second-order valence-corrected chi connectivity index (χ2v) is 9.26. The van der Waals surface area contributed by atoms with Crippen LogP contribution in [0.2, 0.25) is 0 Å². The van der Waals surface area contributed by atoms with Gasteiger partial charge < -0.3 is 10.2 Å². The summed E-state index contributed by atoms with van der Waals surface area (Å²) in [5.74, 6) is -0.522. The van der Waals surface area contributed by atoms with E-state index < -0.39 is 27.5 Å². The molecule has 0 aromatic heterocycles. The molecule has 1 aliphatic rings. The first-order chi connectivity index (χ1) is 15.3. The number of aryl methyl sites for hydroxylation is 1. The van der Waals surface area contributed by atoms with Gasteiger partial charge >= 0.3 is 0 Å². The highest BCUT2D eigenvalue weighted by molar-refractivity contribution is 7.89. The number of oxime groups is 1. The Kier molecular flexibility index (Phi) is 7.54. The molecule has 1 N–H and O–H groups in total. The number of hydrogen-bond donors (Lipinski definition) is 1. The van der Waals surface area contributed by atoms with Gasteiger partial charge in [0.05, 0.1) is 16.0 Å². The number of nitrogens with zero attached hydrogens (tertiary/aromatic N) is 3. The summed E-state index contributed by atoms with van der Waals surface area (Å²) in [6, 6.07) is 10.5. The van der Waals surface area contributed by atoms with Crippen LogP contribution in [0.1, 0.15) is 30.4 Å². The van der Waals surface area contributed by atoms with E-state index in [-0.39, 0.29) is 10.6 Å². The number of sulfonamides is 1. The third-order valence-electron chi connectivity index (χ3n) is 4.96. The molecule has 0 radical (unpaired) electrons. The molecule has 0 atom stereocenters. The number of carbonyl (C=O) groups excluding carboxylic acids is 1. The Morgan fingerprint density at radius 1 is 1.22 bits per heavy atom. The third-order valence-corrected chi connectivity index (χ3v) is 7.00. The van der Waals surface area contributed by atoms with Crippen LogP contribution < -0.4 is 5.32 Å². The highest BCUT2D eigenvalue weighted by Gasteiger charge is 2.27. The zero-order chi connectivity index (χ0) is 23.1. The van der Waals surface area contributed by atoms with E-state index in [1.54, 1.807) is 25.1 Å². The summed E-state index contributed by atoms with van der Waals surface area (Å²) in [5.41, 5.74) is 1.31. The average Bonchev–Trinajstić information content (AvgIpc) is 2.78. The molecule has 0 spiro atoms. The molecule has 1 heterocycles. The summed E-state index contributed by atoms with van der Waals surface area (Å²) in [4.78, 5) is 27.5. The molecule has 0 saturated carbocycles. The van der Waals surface area contributed by atoms with E-state index in [1.165, 1.54) is 34.8 Å². The number of carbonyl (C=O) groups is 1. The predicted octanol–water partition coefficient (Wildman–Crippen LogP) is 3.07. The fourth-order valence-corrected chi connectivity index (χ4v) is 5.08. The van der Waals surface area contributed by atoms with Crippen LogP contribution in [0.15, 0.2) is 52.5 Å². The minimum atomic E-state index is -3.63. The Morgan fingerprint density at radius 2 is 1.97 bits per heavy atom. The predicted molar refractivity (Wildman–Crippen MR) is 119 cm³/mol. The summed E-state index contributed by atoms with van der Waals surface area (Å²) >= 11 is 0. The number of nitro benzene ring substituents is 1. The number of anilines is 1. The number of benzene rings is 2. The highest BCUT2D eigenvalue weighted by Crippen LogP contribution is 2.26. The average molecular weight is 461 g/mol. The van der Waals surface area contributed by atoms with E-state index in [0.29, 0.717) is 29.9 Å². The van der Waals surface area contributed by atoms with Gasteiger partial charge in [0, 0.05) is 36.5 Å². The van der Waals surface area contributed by atoms with Crippen LogP contribution in [0.5, 0.6) is 0 Å². The third kappa shape index (κ3) is 5.89. The smallest absolute Gasteiger partial charge is 0.270 e. The summed E-state index contributed by atoms with van der Waals surface area (Å²) < 4.78 is 27.5. The summed E-state index contributed by atoms with van der Waals surface area (Å²) in [5, 5.41) is 17.0. The zero-order valence-electron chi connectivity index (χ0n) is 17.6. The summed E-state index contributed by atoms with van der Waals surface area (Å²) in [7, 11) is -3.63. The number of nitro groups is 1. The van der Waals surface area contributed by atoms with Gasteiger partial charge in [-0.05, 0) is 37.5 Å². The van der Waals surface area contributed by atoms with Crippen LogP contribution in [0, 0.1) is 17.0 Å². The van der Waals surface area contributed by atoms with Gasteiger partial charge in [-0.2, -0.15) is 4.31 Å². The van der Waals surface area contributed by atoms with Gasteiger partial charge in [-0.25, -0.2) is 8.42 Å². The molecule has 3 rings (SSSR count). The van der Waals surface area contributed by atoms with Crippen molar-refractivity contribution in [3.05, 3.63) is 63.7 Å². The van der Waals surface area contributed by atoms with E-state index in [1.807, 2.05) is 0 Å². The number of hydrogen-bond acceptors (Lipinski definition) is 7. The minimum Gasteiger partial charge on any atom is -0.386 e. The molecule has 10 nitrogen and oxygen atoms in total. The number of amides is 1. The van der Waals surface area contributed by atoms with Crippen molar-refractivity contribution < 1.29 is 23.0 Å². The minimum absolute atomic E-state index is 0.0821. The normalized spacial score (nSPS) is 14.9. The topological polar surface area (TPSA) is 131 Å². The van der Waals surface area contributed by atoms with Gasteiger partial charge in [0.2, 0.25) is 10.0 Å². The largest absolute Gasteiger partial charge is 0.386 e. The molecular weight excluding hydrogens is 436 g/mol. The van der Waals surface area contributed by atoms with Crippen molar-refractivity contribution in [3.8, 4) is 0 Å². The molecule has 1 amide bonds. The van der Waals surface area contributed by atoms with Crippen molar-refractivity contribution >= 4 is 33.5 Å². The second kappa shape index (κ2) is 10.3. The van der Waals surface area contributed by atoms with Crippen molar-refractivity contribution in [2.45, 2.75) is 31.1 Å². The van der Waals surface area contributed by atoms with Crippen LogP contribution in [0.4, 0.5) is 11.4 Å². The molecule has 1 saturated heterocycles. The summed E-state index contributed by atoms with van der Waals surface area (Å²) in [6.45, 7) is 2.30. The molecular formula is C21H24N4O6S. The molecule has 2 aromatic carbocycles. The molecule has 32 heavy (non-hydrogen) atoms. The van der Waals surface area contributed by atoms with Gasteiger partial charge in [-0.1, -0.05) is 29.8 Å². The quantitative estimate of drug-likeness (QED) is 0.366. The monoisotopic (exact) mass is 460 g/mol. The lowest BCUT2D eigenvalue weighted by Crippen LogP contribution is -2.36. The fraction of sp³-hybridized carbons (Fsp3) is 0.333. The lowest BCUT2D eigenvalue weighted by atomic mass is 10.2. The van der Waals surface area contributed by atoms with Crippen molar-refractivity contribution in [1.82, 2.24) is 4.31 Å². The van der Waals surface area contributed by atoms with Gasteiger partial charge in [-0.15, -0.1) is 0 Å². The lowest BCUT2D eigenvalue weighted by molar-refractivity contribution is -0.384. The Balaban J connectivity index is 1.60. The van der Waals surface area contributed by atoms with Crippen molar-refractivity contribution in [2.75, 3.05) is 25.0 Å². The van der Waals surface area contributed by atoms with Crippen LogP contribution in [0.25, 0.3) is 0 Å². The number of piperidine rings is 1. The Hall–Kier alpha value is -3.31. The maximum absolute atomic E-state index is 13.0. The van der Waals surface area contributed by atoms with E-state index in [9.17, 15) is 23.3 Å². The molecule has 1 aliphatic heterocycles. The van der Waals surface area contributed by atoms with E-state index >= 15 is 0 Å². The number of non-ortho nitro benzene ring substituents is 1. The Morgan fingerprint density at radius 3 is 2.69 bits per heavy atom. The van der Waals surface area contributed by atoms with Crippen LogP contribution in [-0.2, 0) is 19.7 Å². The number of nitrogens with one attached hydrogen (secondary N) is 1. The number of rotatable bonds is 8. The van der Waals surface area contributed by atoms with Crippen LogP contribution in [0.3, 0.4) is 0 Å². The molecule has 0 aliphatic carbocycles. The molecule has 2 aromatic rings. The van der Waals surface area contributed by atoms with Crippen LogP contribution in [-0.4, -0.2) is 49.5 Å². The van der Waals surface area contributed by atoms with Crippen molar-refractivity contribution in [3.63, 3.8) is 0 Å². The van der Waals surface area contributed by atoms with Crippen molar-refractivity contribution in [2.24, 2.45) is 5.16 Å². The van der Waals surface area contributed by atoms with Gasteiger partial charge in [0.25, 0.3) is 11.6 Å². The highest BCUT2D eigenvalue weighted by atomic mass is 32.2. The SMILES string of the molecule is Cc1ccc(NC(=O)CO/N=C\c2cccc([N+](=O)[O-])c2)cc1S(=O)(=O)N1CCCCC1. The maximum atomic E-state index is 13.0. The van der Waals surface area contributed by atoms with Gasteiger partial charge in [0.1, 0.15) is 0 Å². The first-order valence-corrected chi connectivity index (χ1v) is 11.5. The molecule has 0 bridgehead atoms. The summed E-state index contributed by atoms with van der Waals surface area (Å²) in [6.07, 6.45) is 3.95. The van der Waals surface area contributed by atoms with Gasteiger partial charge in [-0.3, -0.25) is 14.9 Å². The Labute approximate surface area is 186 Å². The second-order valence-electron chi connectivity index (χ2n) is 7.35. The Bertz CT molecular complexity index is 1130. The molecule has 0 unspecified atom stereocenters. The van der Waals surface area contributed by atoms with Crippen molar-refractivity contribution in [1.29, 1.82) is 0 Å². The molecule has 170 valence electrons. The van der Waals surface area contributed by atoms with E-state index in [4.69, 9.17) is 4.84 Å². The maximum Gasteiger partial charge on any atom is 0.270 e. The standard InChI is InChI=1S/C21H24N4O6S/c1-16-8-9-18(13-20(16)32(29,30)24-10-3-2-4-11-24)23-21(26)15-31-22-14-17-6-5-7-19(12-17)25(27)28/h5-9,12-14H,2-4,10-11,15H2,1H3,(H,23,26)/b22-14-. The fourth-order valence-electron chi connectivity index (χ4n) is 3.31. The van der Waals surface area contributed by atoms with E-state index in [2.05, 4.69) is 10.5 Å².